The molecule has 0 aliphatic rings. The molecule has 16 heavy (non-hydrogen) atoms. The molecule has 1 N–H and O–H groups in total. The van der Waals surface area contributed by atoms with E-state index in [2.05, 4.69) is 5.32 Å². The van der Waals surface area contributed by atoms with Crippen LogP contribution in [0.15, 0.2) is 24.3 Å². The van der Waals surface area contributed by atoms with Crippen molar-refractivity contribution in [2.45, 2.75) is 26.3 Å². The summed E-state index contributed by atoms with van der Waals surface area (Å²) < 4.78 is 5.03. The molecule has 4 heteroatoms. The fourth-order valence-electron chi connectivity index (χ4n) is 1.04. The summed E-state index contributed by atoms with van der Waals surface area (Å²) in [4.78, 5) is 11.4. The molecule has 4 nitrogen and oxygen atoms in total. The van der Waals surface area contributed by atoms with Gasteiger partial charge in [-0.2, -0.15) is 5.26 Å². The van der Waals surface area contributed by atoms with Crippen molar-refractivity contribution in [2.75, 3.05) is 0 Å². The predicted molar refractivity (Wildman–Crippen MR) is 60.1 cm³/mol. The van der Waals surface area contributed by atoms with Gasteiger partial charge in [0, 0.05) is 5.54 Å². The van der Waals surface area contributed by atoms with Crippen LogP contribution in [0.1, 0.15) is 26.3 Å². The van der Waals surface area contributed by atoms with E-state index in [1.54, 1.807) is 24.3 Å². The standard InChI is InChI=1S/C12H14N2O2/c1-12(2,3)14-11(15)16-10-6-4-9(8-13)5-7-10/h4-7H,1-3H3,(H,14,15). The fourth-order valence-corrected chi connectivity index (χ4v) is 1.04. The highest BCUT2D eigenvalue weighted by Crippen LogP contribution is 2.12. The maximum atomic E-state index is 11.4. The lowest BCUT2D eigenvalue weighted by Gasteiger charge is -2.19. The summed E-state index contributed by atoms with van der Waals surface area (Å²) in [6.07, 6.45) is -0.503. The van der Waals surface area contributed by atoms with Crippen molar-refractivity contribution in [2.24, 2.45) is 0 Å². The molecule has 0 aromatic heterocycles. The molecule has 0 atom stereocenters. The molecular formula is C12H14N2O2. The molecule has 0 spiro atoms. The second kappa shape index (κ2) is 4.67. The van der Waals surface area contributed by atoms with Gasteiger partial charge in [0.15, 0.2) is 0 Å². The third-order valence-electron chi connectivity index (χ3n) is 1.67. The third kappa shape index (κ3) is 4.01. The summed E-state index contributed by atoms with van der Waals surface area (Å²) in [6, 6.07) is 8.35. The van der Waals surface area contributed by atoms with E-state index in [0.717, 1.165) is 0 Å². The maximum Gasteiger partial charge on any atom is 0.413 e. The summed E-state index contributed by atoms with van der Waals surface area (Å²) in [7, 11) is 0. The van der Waals surface area contributed by atoms with Crippen LogP contribution in [0.2, 0.25) is 0 Å². The topological polar surface area (TPSA) is 62.1 Å². The van der Waals surface area contributed by atoms with Crippen LogP contribution in [-0.4, -0.2) is 11.6 Å². The van der Waals surface area contributed by atoms with Crippen molar-refractivity contribution in [1.82, 2.24) is 5.32 Å². The first kappa shape index (κ1) is 12.1. The minimum absolute atomic E-state index is 0.330. The van der Waals surface area contributed by atoms with Crippen molar-refractivity contribution in [3.8, 4) is 11.8 Å². The minimum atomic E-state index is -0.503. The first-order valence-electron chi connectivity index (χ1n) is 4.91. The summed E-state index contributed by atoms with van der Waals surface area (Å²) in [5.41, 5.74) is 0.201. The van der Waals surface area contributed by atoms with Crippen molar-refractivity contribution in [1.29, 1.82) is 5.26 Å². The van der Waals surface area contributed by atoms with Crippen molar-refractivity contribution < 1.29 is 9.53 Å². The number of ether oxygens (including phenoxy) is 1. The van der Waals surface area contributed by atoms with E-state index in [1.807, 2.05) is 26.8 Å². The first-order valence-corrected chi connectivity index (χ1v) is 4.91. The number of hydrogen-bond donors (Lipinski definition) is 1. The number of nitrogens with zero attached hydrogens (tertiary/aromatic N) is 1. The zero-order valence-electron chi connectivity index (χ0n) is 9.57. The second-order valence-electron chi connectivity index (χ2n) is 4.40. The number of benzene rings is 1. The highest BCUT2D eigenvalue weighted by molar-refractivity contribution is 5.71. The van der Waals surface area contributed by atoms with E-state index in [4.69, 9.17) is 10.00 Å². The van der Waals surface area contributed by atoms with E-state index in [9.17, 15) is 4.79 Å². The van der Waals surface area contributed by atoms with Gasteiger partial charge in [0.2, 0.25) is 0 Å². The minimum Gasteiger partial charge on any atom is -0.410 e. The van der Waals surface area contributed by atoms with Gasteiger partial charge in [-0.3, -0.25) is 0 Å². The third-order valence-corrected chi connectivity index (χ3v) is 1.67. The molecular weight excluding hydrogens is 204 g/mol. The van der Waals surface area contributed by atoms with Gasteiger partial charge in [-0.05, 0) is 45.0 Å². The van der Waals surface area contributed by atoms with E-state index >= 15 is 0 Å². The van der Waals surface area contributed by atoms with Crippen LogP contribution >= 0.6 is 0 Å². The first-order chi connectivity index (χ1) is 7.40. The summed E-state index contributed by atoms with van der Waals surface area (Å²) in [6.45, 7) is 5.60. The Morgan fingerprint density at radius 1 is 1.31 bits per heavy atom. The lowest BCUT2D eigenvalue weighted by Crippen LogP contribution is -2.42. The van der Waals surface area contributed by atoms with Gasteiger partial charge in [-0.25, -0.2) is 4.79 Å². The Hall–Kier alpha value is -2.02. The molecule has 0 aliphatic carbocycles. The molecule has 1 amide bonds. The van der Waals surface area contributed by atoms with Gasteiger partial charge in [0.1, 0.15) is 5.75 Å². The van der Waals surface area contributed by atoms with Gasteiger partial charge in [-0.15, -0.1) is 0 Å². The van der Waals surface area contributed by atoms with Gasteiger partial charge < -0.3 is 10.1 Å². The van der Waals surface area contributed by atoms with Crippen LogP contribution in [-0.2, 0) is 0 Å². The van der Waals surface area contributed by atoms with Gasteiger partial charge in [-0.1, -0.05) is 0 Å². The SMILES string of the molecule is CC(C)(C)NC(=O)Oc1ccc(C#N)cc1. The molecule has 0 unspecified atom stereocenters. The molecule has 0 heterocycles. The Labute approximate surface area is 94.8 Å². The number of hydrogen-bond acceptors (Lipinski definition) is 3. The predicted octanol–water partition coefficient (Wildman–Crippen LogP) is 2.45. The number of carbonyl (C=O) groups is 1. The summed E-state index contributed by atoms with van der Waals surface area (Å²) in [5, 5.41) is 11.3. The van der Waals surface area contributed by atoms with Crippen LogP contribution in [0.3, 0.4) is 0 Å². The Balaban J connectivity index is 2.61. The number of nitrogens with one attached hydrogen (secondary N) is 1. The molecule has 0 saturated carbocycles. The smallest absolute Gasteiger partial charge is 0.410 e. The monoisotopic (exact) mass is 218 g/mol. The largest absolute Gasteiger partial charge is 0.413 e. The fraction of sp³-hybridized carbons (Fsp3) is 0.333. The highest BCUT2D eigenvalue weighted by Gasteiger charge is 2.14. The molecule has 84 valence electrons. The molecule has 0 radical (unpaired) electrons. The molecule has 0 fully saturated rings. The Morgan fingerprint density at radius 2 is 1.88 bits per heavy atom. The van der Waals surface area contributed by atoms with Crippen molar-refractivity contribution in [3.63, 3.8) is 0 Å². The molecule has 0 aliphatic heterocycles. The zero-order valence-corrected chi connectivity index (χ0v) is 9.57. The number of rotatable bonds is 1. The highest BCUT2D eigenvalue weighted by atomic mass is 16.6. The van der Waals surface area contributed by atoms with E-state index in [0.29, 0.717) is 11.3 Å². The van der Waals surface area contributed by atoms with Crippen LogP contribution in [0, 0.1) is 11.3 Å². The average molecular weight is 218 g/mol. The Bertz CT molecular complexity index is 410. The van der Waals surface area contributed by atoms with Crippen LogP contribution in [0.5, 0.6) is 5.75 Å². The lowest BCUT2D eigenvalue weighted by atomic mass is 10.1. The van der Waals surface area contributed by atoms with Crippen LogP contribution < -0.4 is 10.1 Å². The number of nitriles is 1. The van der Waals surface area contributed by atoms with Gasteiger partial charge in [0.05, 0.1) is 11.6 Å². The Morgan fingerprint density at radius 3 is 2.31 bits per heavy atom. The van der Waals surface area contributed by atoms with Crippen molar-refractivity contribution in [3.05, 3.63) is 29.8 Å². The summed E-state index contributed by atoms with van der Waals surface area (Å²) >= 11 is 0. The molecule has 1 rings (SSSR count). The van der Waals surface area contributed by atoms with Gasteiger partial charge >= 0.3 is 6.09 Å². The quantitative estimate of drug-likeness (QED) is 0.787. The average Bonchev–Trinajstić information content (AvgIpc) is 2.16. The van der Waals surface area contributed by atoms with Gasteiger partial charge in [0.25, 0.3) is 0 Å². The molecule has 0 bridgehead atoms. The molecule has 1 aromatic carbocycles. The number of carbonyl (C=O) groups excluding carboxylic acids is 1. The van der Waals surface area contributed by atoms with E-state index in [-0.39, 0.29) is 5.54 Å². The zero-order chi connectivity index (χ0) is 12.2. The molecule has 1 aromatic rings. The number of amides is 1. The second-order valence-corrected chi connectivity index (χ2v) is 4.40. The van der Waals surface area contributed by atoms with E-state index in [1.165, 1.54) is 0 Å². The summed E-state index contributed by atoms with van der Waals surface area (Å²) in [5.74, 6) is 0.417. The van der Waals surface area contributed by atoms with Crippen LogP contribution in [0.4, 0.5) is 4.79 Å². The maximum absolute atomic E-state index is 11.4. The normalized spacial score (nSPS) is 10.4. The van der Waals surface area contributed by atoms with Crippen molar-refractivity contribution >= 4 is 6.09 Å². The molecule has 0 saturated heterocycles. The Kier molecular flexibility index (Phi) is 3.51. The van der Waals surface area contributed by atoms with Crippen LogP contribution in [0.25, 0.3) is 0 Å². The van der Waals surface area contributed by atoms with E-state index < -0.39 is 6.09 Å². The lowest BCUT2D eigenvalue weighted by molar-refractivity contribution is 0.190.